The lowest BCUT2D eigenvalue weighted by molar-refractivity contribution is -0.292. The van der Waals surface area contributed by atoms with Crippen molar-refractivity contribution < 1.29 is 61.9 Å². The average molecular weight is 717 g/mol. The second-order valence-electron chi connectivity index (χ2n) is 15.9. The molecule has 51 heavy (non-hydrogen) atoms. The van der Waals surface area contributed by atoms with Crippen LogP contribution in [0.1, 0.15) is 95.9 Å². The van der Waals surface area contributed by atoms with Crippen LogP contribution in [0, 0.1) is 40.4 Å². The molecule has 0 spiro atoms. The number of esters is 6. The van der Waals surface area contributed by atoms with E-state index >= 15 is 0 Å². The molecule has 0 radical (unpaired) electrons. The van der Waals surface area contributed by atoms with E-state index in [1.54, 1.807) is 53.7 Å². The summed E-state index contributed by atoms with van der Waals surface area (Å²) < 4.78 is 44.8. The minimum absolute atomic E-state index is 0.0133. The Balaban J connectivity index is 1.96. The Morgan fingerprint density at radius 2 is 1.25 bits per heavy atom. The van der Waals surface area contributed by atoms with Crippen LogP contribution in [0.5, 0.6) is 0 Å². The summed E-state index contributed by atoms with van der Waals surface area (Å²) in [6, 6.07) is 0. The molecule has 1 aliphatic heterocycles. The summed E-state index contributed by atoms with van der Waals surface area (Å²) in [6.07, 6.45) is -3.02. The quantitative estimate of drug-likeness (QED) is 0.195. The number of carbonyl (C=O) groups excluding carboxylic acids is 6. The summed E-state index contributed by atoms with van der Waals surface area (Å²) in [6.45, 7) is 19.1. The molecule has 1 saturated heterocycles. The van der Waals surface area contributed by atoms with Gasteiger partial charge in [0.15, 0.2) is 11.7 Å². The zero-order valence-electron chi connectivity index (χ0n) is 31.6. The number of carbonyl (C=O) groups is 6. The fourth-order valence-corrected chi connectivity index (χ4v) is 10.5. The van der Waals surface area contributed by atoms with Crippen LogP contribution in [0.25, 0.3) is 0 Å². The Kier molecular flexibility index (Phi) is 9.84. The molecule has 1 heterocycles. The summed E-state index contributed by atoms with van der Waals surface area (Å²) in [7, 11) is 0. The van der Waals surface area contributed by atoms with E-state index in [4.69, 9.17) is 33.2 Å². The van der Waals surface area contributed by atoms with E-state index in [-0.39, 0.29) is 30.3 Å². The molecule has 0 aromatic heterocycles. The third-order valence-electron chi connectivity index (χ3n) is 12.5. The Bertz CT molecular complexity index is 1580. The Hall–Kier alpha value is -3.74. The van der Waals surface area contributed by atoms with E-state index in [2.05, 4.69) is 13.8 Å². The fraction of sp³-hybridized carbons (Fsp3) is 0.737. The minimum atomic E-state index is -1.81. The number of rotatable bonds is 8. The van der Waals surface area contributed by atoms with Gasteiger partial charge < -0.3 is 33.2 Å². The normalized spacial score (nSPS) is 41.8. The van der Waals surface area contributed by atoms with E-state index < -0.39 is 106 Å². The molecule has 4 saturated carbocycles. The summed E-state index contributed by atoms with van der Waals surface area (Å²) in [5, 5.41) is 0. The summed E-state index contributed by atoms with van der Waals surface area (Å²) >= 11 is 0. The Morgan fingerprint density at radius 1 is 0.706 bits per heavy atom. The molecular weight excluding hydrogens is 664 g/mol. The van der Waals surface area contributed by atoms with Gasteiger partial charge in [0.05, 0.1) is 5.92 Å². The topological polar surface area (TPSA) is 167 Å². The predicted octanol–water partition coefficient (Wildman–Crippen LogP) is 4.53. The summed E-state index contributed by atoms with van der Waals surface area (Å²) in [5.74, 6) is -6.99. The van der Waals surface area contributed by atoms with Crippen LogP contribution in [0.2, 0.25) is 0 Å². The molecule has 5 fully saturated rings. The van der Waals surface area contributed by atoms with Crippen LogP contribution < -0.4 is 0 Å². The standard InChI is InChI=1S/C38H52O13/c1-13-17(3)31(43)48-25-15-24-26(35(24,10)11)29-36(12)33(49-32(44)18(4)14-2)37(50-23(9)42)16-19(5)28(45-20(6)39)27(37)30(46-21(7)40)38(25,29)34(51-36)47-22(8)41/h13-14,19,24-30,33-34H,15-16H2,1-12H3. The molecule has 5 rings (SSSR count). The highest BCUT2D eigenvalue weighted by molar-refractivity contribution is 5.88. The molecule has 282 valence electrons. The van der Waals surface area contributed by atoms with Crippen molar-refractivity contribution in [2.75, 3.05) is 0 Å². The largest absolute Gasteiger partial charge is 0.462 e. The highest BCUT2D eigenvalue weighted by Gasteiger charge is 2.89. The summed E-state index contributed by atoms with van der Waals surface area (Å²) in [5.41, 5.74) is -4.90. The third kappa shape index (κ3) is 5.78. The van der Waals surface area contributed by atoms with Gasteiger partial charge in [0.1, 0.15) is 29.3 Å². The maximum atomic E-state index is 13.9. The second-order valence-corrected chi connectivity index (χ2v) is 15.9. The number of ether oxygens (including phenoxy) is 7. The van der Waals surface area contributed by atoms with E-state index in [1.165, 1.54) is 27.7 Å². The van der Waals surface area contributed by atoms with E-state index in [1.807, 2.05) is 0 Å². The third-order valence-corrected chi connectivity index (χ3v) is 12.5. The molecule has 13 unspecified atom stereocenters. The average Bonchev–Trinajstić information content (AvgIpc) is 3.31. The predicted molar refractivity (Wildman–Crippen MR) is 178 cm³/mol. The molecule has 13 heteroatoms. The number of hydrogen-bond donors (Lipinski definition) is 0. The number of hydrogen-bond acceptors (Lipinski definition) is 13. The van der Waals surface area contributed by atoms with Gasteiger partial charge in [-0.2, -0.15) is 0 Å². The molecule has 2 bridgehead atoms. The van der Waals surface area contributed by atoms with Crippen molar-refractivity contribution in [2.45, 2.75) is 138 Å². The van der Waals surface area contributed by atoms with Gasteiger partial charge in [-0.25, -0.2) is 9.59 Å². The molecule has 13 atom stereocenters. The maximum absolute atomic E-state index is 13.9. The highest BCUT2D eigenvalue weighted by Crippen LogP contribution is 2.80. The zero-order chi connectivity index (χ0) is 38.2. The van der Waals surface area contributed by atoms with Crippen molar-refractivity contribution >= 4 is 35.8 Å². The first-order valence-electron chi connectivity index (χ1n) is 17.7. The van der Waals surface area contributed by atoms with E-state index in [9.17, 15) is 28.8 Å². The lowest BCUT2D eigenvalue weighted by Gasteiger charge is -2.52. The highest BCUT2D eigenvalue weighted by atomic mass is 16.7. The van der Waals surface area contributed by atoms with Crippen LogP contribution in [0.15, 0.2) is 23.3 Å². The van der Waals surface area contributed by atoms with Gasteiger partial charge in [0, 0.05) is 44.8 Å². The van der Waals surface area contributed by atoms with Crippen molar-refractivity contribution in [3.63, 3.8) is 0 Å². The Morgan fingerprint density at radius 3 is 1.76 bits per heavy atom. The zero-order valence-corrected chi connectivity index (χ0v) is 31.6. The van der Waals surface area contributed by atoms with Crippen LogP contribution in [-0.2, 0) is 61.9 Å². The molecule has 0 aromatic carbocycles. The smallest absolute Gasteiger partial charge is 0.333 e. The fourth-order valence-electron chi connectivity index (χ4n) is 10.5. The monoisotopic (exact) mass is 716 g/mol. The van der Waals surface area contributed by atoms with Crippen LogP contribution >= 0.6 is 0 Å². The lowest BCUT2D eigenvalue weighted by Crippen LogP contribution is -2.66. The van der Waals surface area contributed by atoms with Gasteiger partial charge >= 0.3 is 35.8 Å². The van der Waals surface area contributed by atoms with Gasteiger partial charge in [-0.1, -0.05) is 32.9 Å². The van der Waals surface area contributed by atoms with Crippen LogP contribution in [-0.4, -0.2) is 77.7 Å². The molecule has 5 aliphatic rings. The molecule has 4 aliphatic carbocycles. The molecule has 13 nitrogen and oxygen atoms in total. The van der Waals surface area contributed by atoms with Gasteiger partial charge in [-0.15, -0.1) is 0 Å². The summed E-state index contributed by atoms with van der Waals surface area (Å²) in [4.78, 5) is 80.2. The van der Waals surface area contributed by atoms with Crippen molar-refractivity contribution in [3.05, 3.63) is 23.3 Å². The van der Waals surface area contributed by atoms with Crippen LogP contribution in [0.3, 0.4) is 0 Å². The van der Waals surface area contributed by atoms with Gasteiger partial charge in [0.25, 0.3) is 0 Å². The van der Waals surface area contributed by atoms with Crippen molar-refractivity contribution in [3.8, 4) is 0 Å². The molecular formula is C38H52O13. The van der Waals surface area contributed by atoms with Crippen molar-refractivity contribution in [2.24, 2.45) is 40.4 Å². The second kappa shape index (κ2) is 13.0. The molecule has 0 amide bonds. The van der Waals surface area contributed by atoms with Gasteiger partial charge in [0.2, 0.25) is 6.29 Å². The van der Waals surface area contributed by atoms with Crippen molar-refractivity contribution in [1.82, 2.24) is 0 Å². The first kappa shape index (κ1) is 38.5. The molecule has 0 aromatic rings. The lowest BCUT2D eigenvalue weighted by atomic mass is 9.56. The Labute approximate surface area is 299 Å². The SMILES string of the molecule is CC=C(C)C(=O)OC1C2(C)OC(OC(C)=O)C3(C(OC(=O)C(C)=CC)CC4C(C23)C4(C)C)C(OC(C)=O)C2C(OC(C)=O)C(C)CC21OC(C)=O. The van der Waals surface area contributed by atoms with Gasteiger partial charge in [-0.05, 0) is 70.6 Å². The van der Waals surface area contributed by atoms with Crippen LogP contribution in [0.4, 0.5) is 0 Å². The maximum Gasteiger partial charge on any atom is 0.333 e. The van der Waals surface area contributed by atoms with E-state index in [0.717, 1.165) is 0 Å². The first-order chi connectivity index (χ1) is 23.6. The minimum Gasteiger partial charge on any atom is -0.462 e. The molecule has 0 N–H and O–H groups in total. The van der Waals surface area contributed by atoms with Crippen molar-refractivity contribution in [1.29, 1.82) is 0 Å². The van der Waals surface area contributed by atoms with E-state index in [0.29, 0.717) is 5.57 Å². The first-order valence-corrected chi connectivity index (χ1v) is 17.7. The number of allylic oxidation sites excluding steroid dienone is 2. The number of fused-ring (bicyclic) bond motifs is 2. The van der Waals surface area contributed by atoms with Gasteiger partial charge in [-0.3, -0.25) is 19.2 Å².